The van der Waals surface area contributed by atoms with Gasteiger partial charge in [-0.2, -0.15) is 15.0 Å². The molecule has 2 aliphatic rings. The zero-order chi connectivity index (χ0) is 21.4. The molecule has 8 heteroatoms. The van der Waals surface area contributed by atoms with Crippen LogP contribution in [-0.4, -0.2) is 56.9 Å². The number of carbonyl (C=O) groups is 1. The molecule has 1 atom stereocenters. The third-order valence-electron chi connectivity index (χ3n) is 6.56. The second-order valence-corrected chi connectivity index (χ2v) is 8.81. The second kappa shape index (κ2) is 8.00. The minimum absolute atomic E-state index is 0.0139. The largest absolute Gasteiger partial charge is 0.340 e. The van der Waals surface area contributed by atoms with Crippen LogP contribution in [0.15, 0.2) is 42.5 Å². The molecule has 6 nitrogen and oxygen atoms in total. The molecule has 2 aromatic carbocycles. The minimum Gasteiger partial charge on any atom is -0.340 e. The van der Waals surface area contributed by atoms with Gasteiger partial charge in [0.1, 0.15) is 17.6 Å². The number of nitrogens with zero attached hydrogens (tertiary/aromatic N) is 5. The molecular formula is C23H25F2N5O. The zero-order valence-electron chi connectivity index (χ0n) is 17.3. The highest BCUT2D eigenvalue weighted by Gasteiger charge is 2.42. The predicted molar refractivity (Wildman–Crippen MR) is 112 cm³/mol. The molecule has 3 heterocycles. The summed E-state index contributed by atoms with van der Waals surface area (Å²) in [6.07, 6.45) is 2.96. The molecule has 0 bridgehead atoms. The Morgan fingerprint density at radius 1 is 0.968 bits per heavy atom. The van der Waals surface area contributed by atoms with Crippen molar-refractivity contribution in [2.24, 2.45) is 5.41 Å². The van der Waals surface area contributed by atoms with Gasteiger partial charge in [-0.1, -0.05) is 24.3 Å². The molecule has 2 fully saturated rings. The number of amides is 1. The first kappa shape index (κ1) is 20.1. The summed E-state index contributed by atoms with van der Waals surface area (Å²) in [7, 11) is 0. The van der Waals surface area contributed by atoms with Crippen LogP contribution in [0.3, 0.4) is 0 Å². The summed E-state index contributed by atoms with van der Waals surface area (Å²) in [4.78, 5) is 18.5. The molecule has 0 N–H and O–H groups in total. The highest BCUT2D eigenvalue weighted by atomic mass is 19.2. The van der Waals surface area contributed by atoms with Gasteiger partial charge in [-0.25, -0.2) is 8.78 Å². The van der Waals surface area contributed by atoms with Crippen molar-refractivity contribution in [1.29, 1.82) is 0 Å². The van der Waals surface area contributed by atoms with E-state index < -0.39 is 11.6 Å². The number of rotatable bonds is 4. The molecule has 2 saturated heterocycles. The smallest absolute Gasteiger partial charge is 0.246 e. The molecule has 3 aromatic rings. The molecule has 1 unspecified atom stereocenters. The van der Waals surface area contributed by atoms with E-state index in [0.717, 1.165) is 49.5 Å². The van der Waals surface area contributed by atoms with Crippen LogP contribution in [0.1, 0.15) is 24.8 Å². The maximum absolute atomic E-state index is 14.1. The fraction of sp³-hybridized carbons (Fsp3) is 0.435. The van der Waals surface area contributed by atoms with E-state index in [-0.39, 0.29) is 17.9 Å². The number of hydrogen-bond acceptors (Lipinski definition) is 4. The van der Waals surface area contributed by atoms with Crippen LogP contribution in [0.5, 0.6) is 0 Å². The highest BCUT2D eigenvalue weighted by Crippen LogP contribution is 2.39. The summed E-state index contributed by atoms with van der Waals surface area (Å²) in [5.41, 5.74) is 1.96. The molecule has 0 radical (unpaired) electrons. The molecule has 5 rings (SSSR count). The van der Waals surface area contributed by atoms with Gasteiger partial charge in [-0.05, 0) is 44.0 Å². The number of benzene rings is 2. The van der Waals surface area contributed by atoms with Gasteiger partial charge in [0, 0.05) is 37.2 Å². The zero-order valence-corrected chi connectivity index (χ0v) is 17.3. The lowest BCUT2D eigenvalue weighted by Crippen LogP contribution is -2.45. The summed E-state index contributed by atoms with van der Waals surface area (Å²) >= 11 is 0. The number of carbonyl (C=O) groups excluding carboxylic acids is 1. The monoisotopic (exact) mass is 425 g/mol. The summed E-state index contributed by atoms with van der Waals surface area (Å²) in [6.45, 7) is 3.56. The average molecular weight is 425 g/mol. The fourth-order valence-electron chi connectivity index (χ4n) is 5.03. The standard InChI is InChI=1S/C23H25F2N5O/c24-18-6-3-5-17(22(18)25)13-28-11-4-9-23(15-28)10-12-29(16-23)21(31)14-30-26-19-7-1-2-8-20(19)27-30/h1-3,5-8H,4,9-16H2. The van der Waals surface area contributed by atoms with Gasteiger partial charge in [-0.15, -0.1) is 0 Å². The van der Waals surface area contributed by atoms with Gasteiger partial charge >= 0.3 is 0 Å². The maximum Gasteiger partial charge on any atom is 0.246 e. The van der Waals surface area contributed by atoms with E-state index in [1.807, 2.05) is 29.2 Å². The number of fused-ring (bicyclic) bond motifs is 1. The average Bonchev–Trinajstić information content (AvgIpc) is 3.35. The fourth-order valence-corrected chi connectivity index (χ4v) is 5.03. The van der Waals surface area contributed by atoms with Crippen molar-refractivity contribution < 1.29 is 13.6 Å². The molecule has 0 aliphatic carbocycles. The lowest BCUT2D eigenvalue weighted by atomic mass is 9.79. The van der Waals surface area contributed by atoms with Crippen molar-refractivity contribution in [2.75, 3.05) is 26.2 Å². The Balaban J connectivity index is 1.23. The Hall–Kier alpha value is -2.87. The summed E-state index contributed by atoms with van der Waals surface area (Å²) in [5.74, 6) is -1.54. The first-order chi connectivity index (χ1) is 15.0. The number of likely N-dealkylation sites (tertiary alicyclic amines) is 2. The second-order valence-electron chi connectivity index (χ2n) is 8.81. The number of aromatic nitrogens is 3. The van der Waals surface area contributed by atoms with Gasteiger partial charge in [0.25, 0.3) is 0 Å². The molecule has 1 amide bonds. The van der Waals surface area contributed by atoms with Crippen LogP contribution in [0, 0.1) is 17.0 Å². The van der Waals surface area contributed by atoms with E-state index in [4.69, 9.17) is 0 Å². The van der Waals surface area contributed by atoms with E-state index in [1.54, 1.807) is 12.1 Å². The summed E-state index contributed by atoms with van der Waals surface area (Å²) in [6, 6.07) is 11.9. The van der Waals surface area contributed by atoms with E-state index in [9.17, 15) is 13.6 Å². The van der Waals surface area contributed by atoms with Gasteiger partial charge < -0.3 is 4.90 Å². The molecule has 162 valence electrons. The molecule has 31 heavy (non-hydrogen) atoms. The lowest BCUT2D eigenvalue weighted by molar-refractivity contribution is -0.131. The van der Waals surface area contributed by atoms with E-state index in [0.29, 0.717) is 25.2 Å². The Morgan fingerprint density at radius 3 is 2.52 bits per heavy atom. The SMILES string of the molecule is O=C(Cn1nc2ccccc2n1)N1CCC2(CCCN(Cc3cccc(F)c3F)C2)C1. The van der Waals surface area contributed by atoms with Crippen molar-refractivity contribution in [1.82, 2.24) is 24.8 Å². The normalized spacial score (nSPS) is 21.9. The molecule has 2 aliphatic heterocycles. The van der Waals surface area contributed by atoms with E-state index >= 15 is 0 Å². The van der Waals surface area contributed by atoms with E-state index in [1.165, 1.54) is 4.80 Å². The minimum atomic E-state index is -0.804. The highest BCUT2D eigenvalue weighted by molar-refractivity contribution is 5.77. The first-order valence-electron chi connectivity index (χ1n) is 10.7. The third-order valence-corrected chi connectivity index (χ3v) is 6.56. The molecular weight excluding hydrogens is 400 g/mol. The predicted octanol–water partition coefficient (Wildman–Crippen LogP) is 3.22. The Bertz CT molecular complexity index is 1080. The third kappa shape index (κ3) is 4.04. The lowest BCUT2D eigenvalue weighted by Gasteiger charge is -2.40. The summed E-state index contributed by atoms with van der Waals surface area (Å²) < 4.78 is 27.7. The van der Waals surface area contributed by atoms with Crippen molar-refractivity contribution in [2.45, 2.75) is 32.4 Å². The Kier molecular flexibility index (Phi) is 5.17. The molecule has 1 spiro atoms. The van der Waals surface area contributed by atoms with Crippen molar-refractivity contribution in [3.8, 4) is 0 Å². The van der Waals surface area contributed by atoms with Crippen molar-refractivity contribution >= 4 is 16.9 Å². The Labute approximate surface area is 179 Å². The van der Waals surface area contributed by atoms with Crippen LogP contribution >= 0.6 is 0 Å². The van der Waals surface area contributed by atoms with Crippen LogP contribution in [-0.2, 0) is 17.9 Å². The van der Waals surface area contributed by atoms with E-state index in [2.05, 4.69) is 15.1 Å². The number of halogens is 2. The summed E-state index contributed by atoms with van der Waals surface area (Å²) in [5, 5.41) is 8.77. The Morgan fingerprint density at radius 2 is 1.74 bits per heavy atom. The van der Waals surface area contributed by atoms with Gasteiger partial charge in [0.15, 0.2) is 11.6 Å². The quantitative estimate of drug-likeness (QED) is 0.644. The number of hydrogen-bond donors (Lipinski definition) is 0. The van der Waals surface area contributed by atoms with Crippen LogP contribution < -0.4 is 0 Å². The first-order valence-corrected chi connectivity index (χ1v) is 10.7. The maximum atomic E-state index is 14.1. The van der Waals surface area contributed by atoms with Gasteiger partial charge in [-0.3, -0.25) is 9.69 Å². The van der Waals surface area contributed by atoms with Gasteiger partial charge in [0.05, 0.1) is 0 Å². The van der Waals surface area contributed by atoms with Crippen molar-refractivity contribution in [3.05, 3.63) is 59.7 Å². The van der Waals surface area contributed by atoms with Crippen LogP contribution in [0.4, 0.5) is 8.78 Å². The molecule has 0 saturated carbocycles. The van der Waals surface area contributed by atoms with Crippen molar-refractivity contribution in [3.63, 3.8) is 0 Å². The molecule has 1 aromatic heterocycles. The topological polar surface area (TPSA) is 54.3 Å². The van der Waals surface area contributed by atoms with Crippen LogP contribution in [0.2, 0.25) is 0 Å². The van der Waals surface area contributed by atoms with Gasteiger partial charge in [0.2, 0.25) is 5.91 Å². The van der Waals surface area contributed by atoms with Crippen LogP contribution in [0.25, 0.3) is 11.0 Å². The number of piperidine rings is 1.